The molecule has 3 aromatic carbocycles. The lowest BCUT2D eigenvalue weighted by Crippen LogP contribution is -2.28. The molecule has 4 aromatic rings. The molecule has 0 aliphatic rings. The Morgan fingerprint density at radius 2 is 1.61 bits per heavy atom. The Morgan fingerprint density at radius 3 is 2.32 bits per heavy atom. The minimum atomic E-state index is -0.321. The van der Waals surface area contributed by atoms with Crippen LogP contribution >= 0.6 is 11.8 Å². The molecule has 0 fully saturated rings. The number of carbonyl (C=O) groups excluding carboxylic acids is 1. The quantitative estimate of drug-likeness (QED) is 0.487. The number of hydrogen-bond acceptors (Lipinski definition) is 3. The predicted octanol–water partition coefficient (Wildman–Crippen LogP) is 4.72. The van der Waals surface area contributed by atoms with Gasteiger partial charge in [-0.1, -0.05) is 60.7 Å². The third kappa shape index (κ3) is 3.94. The standard InChI is InChI=1S/C23H21N3OS/c1-26-20-15-9-8-14-19(20)25-21(26)16-24-23(27)22(17-10-4-2-5-11-17)28-18-12-6-3-7-13-18/h2-15,22H,16H2,1H3,(H,24,27)/t22-/m1/s1. The van der Waals surface area contributed by atoms with Crippen LogP contribution in [0, 0.1) is 0 Å². The van der Waals surface area contributed by atoms with E-state index in [0.717, 1.165) is 27.3 Å². The highest BCUT2D eigenvalue weighted by Gasteiger charge is 2.22. The van der Waals surface area contributed by atoms with Gasteiger partial charge in [0.2, 0.25) is 5.91 Å². The lowest BCUT2D eigenvalue weighted by molar-refractivity contribution is -0.120. The minimum absolute atomic E-state index is 0.0212. The topological polar surface area (TPSA) is 46.9 Å². The van der Waals surface area contributed by atoms with E-state index in [0.29, 0.717) is 6.54 Å². The van der Waals surface area contributed by atoms with Gasteiger partial charge in [0.15, 0.2) is 0 Å². The molecule has 0 saturated heterocycles. The van der Waals surface area contributed by atoms with E-state index < -0.39 is 0 Å². The largest absolute Gasteiger partial charge is 0.348 e. The first-order valence-electron chi connectivity index (χ1n) is 9.17. The third-order valence-electron chi connectivity index (χ3n) is 4.64. The molecule has 1 atom stereocenters. The molecule has 4 rings (SSSR count). The number of nitrogens with one attached hydrogen (secondary N) is 1. The maximum absolute atomic E-state index is 13.1. The van der Waals surface area contributed by atoms with Crippen molar-refractivity contribution in [1.29, 1.82) is 0 Å². The second kappa shape index (κ2) is 8.31. The molecule has 0 saturated carbocycles. The van der Waals surface area contributed by atoms with Crippen LogP contribution in [-0.2, 0) is 18.4 Å². The van der Waals surface area contributed by atoms with Crippen molar-refractivity contribution in [3.05, 3.63) is 96.3 Å². The first kappa shape index (κ1) is 18.3. The average Bonchev–Trinajstić information content (AvgIpc) is 3.07. The van der Waals surface area contributed by atoms with Crippen LogP contribution in [0.2, 0.25) is 0 Å². The summed E-state index contributed by atoms with van der Waals surface area (Å²) in [6.45, 7) is 0.392. The summed E-state index contributed by atoms with van der Waals surface area (Å²) in [7, 11) is 1.98. The van der Waals surface area contributed by atoms with Gasteiger partial charge < -0.3 is 9.88 Å². The van der Waals surface area contributed by atoms with Crippen molar-refractivity contribution in [3.8, 4) is 0 Å². The predicted molar refractivity (Wildman–Crippen MR) is 114 cm³/mol. The number of hydrogen-bond donors (Lipinski definition) is 1. The summed E-state index contributed by atoms with van der Waals surface area (Å²) in [6, 6.07) is 27.9. The monoisotopic (exact) mass is 387 g/mol. The second-order valence-corrected chi connectivity index (χ2v) is 7.69. The SMILES string of the molecule is Cn1c(CNC(=O)[C@H](Sc2ccccc2)c2ccccc2)nc2ccccc21. The summed E-state index contributed by atoms with van der Waals surface area (Å²) in [5.41, 5.74) is 2.98. The van der Waals surface area contributed by atoms with E-state index in [1.807, 2.05) is 96.5 Å². The Hall–Kier alpha value is -3.05. The van der Waals surface area contributed by atoms with Gasteiger partial charge in [0, 0.05) is 11.9 Å². The maximum Gasteiger partial charge on any atom is 0.238 e. The van der Waals surface area contributed by atoms with E-state index in [1.54, 1.807) is 11.8 Å². The number of amides is 1. The van der Waals surface area contributed by atoms with Crippen molar-refractivity contribution in [2.45, 2.75) is 16.7 Å². The van der Waals surface area contributed by atoms with Gasteiger partial charge in [-0.15, -0.1) is 11.8 Å². The molecule has 1 amide bonds. The fourth-order valence-corrected chi connectivity index (χ4v) is 4.22. The number of para-hydroxylation sites is 2. The van der Waals surface area contributed by atoms with Gasteiger partial charge in [0.1, 0.15) is 11.1 Å². The normalized spacial score (nSPS) is 12.0. The number of aromatic nitrogens is 2. The molecule has 1 heterocycles. The summed E-state index contributed by atoms with van der Waals surface area (Å²) >= 11 is 1.56. The highest BCUT2D eigenvalue weighted by molar-refractivity contribution is 8.00. The first-order valence-corrected chi connectivity index (χ1v) is 10.0. The summed E-state index contributed by atoms with van der Waals surface area (Å²) in [5, 5.41) is 2.76. The van der Waals surface area contributed by atoms with Crippen LogP contribution in [0.25, 0.3) is 11.0 Å². The van der Waals surface area contributed by atoms with Crippen molar-refractivity contribution in [2.24, 2.45) is 7.05 Å². The number of rotatable bonds is 6. The zero-order chi connectivity index (χ0) is 19.3. The number of aryl methyl sites for hydroxylation is 1. The highest BCUT2D eigenvalue weighted by Crippen LogP contribution is 2.35. The molecule has 28 heavy (non-hydrogen) atoms. The van der Waals surface area contributed by atoms with Crippen LogP contribution in [0.5, 0.6) is 0 Å². The first-order chi connectivity index (χ1) is 13.7. The molecule has 5 heteroatoms. The molecule has 0 aliphatic carbocycles. The van der Waals surface area contributed by atoms with E-state index >= 15 is 0 Å². The van der Waals surface area contributed by atoms with Crippen LogP contribution in [0.3, 0.4) is 0 Å². The van der Waals surface area contributed by atoms with Crippen molar-refractivity contribution in [2.75, 3.05) is 0 Å². The maximum atomic E-state index is 13.1. The smallest absolute Gasteiger partial charge is 0.238 e. The molecule has 0 spiro atoms. The van der Waals surface area contributed by atoms with E-state index in [9.17, 15) is 4.79 Å². The van der Waals surface area contributed by atoms with Crippen molar-refractivity contribution in [1.82, 2.24) is 14.9 Å². The molecule has 0 aliphatic heterocycles. The molecule has 4 nitrogen and oxygen atoms in total. The fraction of sp³-hybridized carbons (Fsp3) is 0.130. The van der Waals surface area contributed by atoms with Gasteiger partial charge >= 0.3 is 0 Å². The van der Waals surface area contributed by atoms with Crippen molar-refractivity contribution in [3.63, 3.8) is 0 Å². The molecular weight excluding hydrogens is 366 g/mol. The van der Waals surface area contributed by atoms with Gasteiger partial charge in [-0.3, -0.25) is 4.79 Å². The van der Waals surface area contributed by atoms with Gasteiger partial charge in [-0.25, -0.2) is 4.98 Å². The zero-order valence-electron chi connectivity index (χ0n) is 15.6. The van der Waals surface area contributed by atoms with Crippen molar-refractivity contribution >= 4 is 28.7 Å². The number of thioether (sulfide) groups is 1. The van der Waals surface area contributed by atoms with Crippen LogP contribution in [0.4, 0.5) is 0 Å². The summed E-state index contributed by atoms with van der Waals surface area (Å²) in [6.07, 6.45) is 0. The lowest BCUT2D eigenvalue weighted by Gasteiger charge is -2.17. The van der Waals surface area contributed by atoms with Gasteiger partial charge in [-0.2, -0.15) is 0 Å². The number of imidazole rings is 1. The van der Waals surface area contributed by atoms with E-state index in [2.05, 4.69) is 10.3 Å². The van der Waals surface area contributed by atoms with Crippen LogP contribution in [-0.4, -0.2) is 15.5 Å². The summed E-state index contributed by atoms with van der Waals surface area (Å²) < 4.78 is 2.03. The summed E-state index contributed by atoms with van der Waals surface area (Å²) in [4.78, 5) is 18.8. The van der Waals surface area contributed by atoms with Crippen LogP contribution < -0.4 is 5.32 Å². The Labute approximate surface area is 168 Å². The molecule has 140 valence electrons. The Morgan fingerprint density at radius 1 is 0.964 bits per heavy atom. The van der Waals surface area contributed by atoms with Crippen molar-refractivity contribution < 1.29 is 4.79 Å². The van der Waals surface area contributed by atoms with Gasteiger partial charge in [0.05, 0.1) is 17.6 Å². The Bertz CT molecular complexity index is 1080. The van der Waals surface area contributed by atoms with E-state index in [4.69, 9.17) is 0 Å². The second-order valence-electron chi connectivity index (χ2n) is 6.52. The lowest BCUT2D eigenvalue weighted by atomic mass is 10.1. The van der Waals surface area contributed by atoms with Gasteiger partial charge in [-0.05, 0) is 29.8 Å². The number of benzene rings is 3. The van der Waals surface area contributed by atoms with E-state index in [-0.39, 0.29) is 11.2 Å². The molecule has 0 bridgehead atoms. The number of fused-ring (bicyclic) bond motifs is 1. The van der Waals surface area contributed by atoms with Crippen LogP contribution in [0.1, 0.15) is 16.6 Å². The number of nitrogens with zero attached hydrogens (tertiary/aromatic N) is 2. The number of carbonyl (C=O) groups is 1. The highest BCUT2D eigenvalue weighted by atomic mass is 32.2. The minimum Gasteiger partial charge on any atom is -0.348 e. The Kier molecular flexibility index (Phi) is 5.44. The van der Waals surface area contributed by atoms with Gasteiger partial charge in [0.25, 0.3) is 0 Å². The molecule has 0 radical (unpaired) electrons. The fourth-order valence-electron chi connectivity index (χ4n) is 3.15. The average molecular weight is 388 g/mol. The Balaban J connectivity index is 1.54. The third-order valence-corrected chi connectivity index (χ3v) is 5.90. The summed E-state index contributed by atoms with van der Waals surface area (Å²) in [5.74, 6) is 0.818. The zero-order valence-corrected chi connectivity index (χ0v) is 16.4. The van der Waals surface area contributed by atoms with E-state index in [1.165, 1.54) is 0 Å². The molecule has 1 N–H and O–H groups in total. The van der Waals surface area contributed by atoms with Crippen LogP contribution in [0.15, 0.2) is 89.8 Å². The molecule has 0 unspecified atom stereocenters. The molecular formula is C23H21N3OS. The molecule has 1 aromatic heterocycles.